The summed E-state index contributed by atoms with van der Waals surface area (Å²) in [5.74, 6) is 2.53. The van der Waals surface area contributed by atoms with E-state index in [1.165, 1.54) is 36.1 Å². The van der Waals surface area contributed by atoms with Gasteiger partial charge >= 0.3 is 0 Å². The van der Waals surface area contributed by atoms with Crippen LogP contribution in [0.1, 0.15) is 58.3 Å². The molecule has 2 aliphatic carbocycles. The first-order valence-electron chi connectivity index (χ1n) is 11.6. The lowest BCUT2D eigenvalue weighted by atomic mass is 9.68. The van der Waals surface area contributed by atoms with Crippen LogP contribution in [0.2, 0.25) is 5.02 Å². The first kappa shape index (κ1) is 19.9. The number of halogens is 1. The minimum atomic E-state index is -0.0805. The van der Waals surface area contributed by atoms with Gasteiger partial charge in [0.05, 0.1) is 6.04 Å². The summed E-state index contributed by atoms with van der Waals surface area (Å²) in [6.07, 6.45) is 3.96. The maximum atomic E-state index is 13.1. The highest BCUT2D eigenvalue weighted by Gasteiger charge is 2.53. The van der Waals surface area contributed by atoms with E-state index >= 15 is 0 Å². The summed E-state index contributed by atoms with van der Waals surface area (Å²) in [6.45, 7) is 1.93. The number of fused-ring (bicyclic) bond motifs is 7. The summed E-state index contributed by atoms with van der Waals surface area (Å²) in [5.41, 5.74) is 6.25. The van der Waals surface area contributed by atoms with Gasteiger partial charge in [0.15, 0.2) is 0 Å². The maximum Gasteiger partial charge on any atom is 0.255 e. The van der Waals surface area contributed by atoms with Gasteiger partial charge in [-0.25, -0.2) is 0 Å². The molecule has 32 heavy (non-hydrogen) atoms. The number of carbonyl (C=O) groups is 1. The number of hydrogen-bond donors (Lipinski definition) is 2. The molecule has 0 radical (unpaired) electrons. The second-order valence-corrected chi connectivity index (χ2v) is 10.0. The third-order valence-corrected chi connectivity index (χ3v) is 8.43. The van der Waals surface area contributed by atoms with E-state index in [-0.39, 0.29) is 5.91 Å². The zero-order chi connectivity index (χ0) is 21.8. The van der Waals surface area contributed by atoms with E-state index < -0.39 is 0 Å². The Morgan fingerprint density at radius 1 is 1.00 bits per heavy atom. The molecular weight excluding hydrogens is 416 g/mol. The van der Waals surface area contributed by atoms with Crippen molar-refractivity contribution in [1.29, 1.82) is 0 Å². The van der Waals surface area contributed by atoms with Crippen molar-refractivity contribution in [2.45, 2.75) is 38.1 Å². The van der Waals surface area contributed by atoms with E-state index in [1.54, 1.807) is 0 Å². The van der Waals surface area contributed by atoms with Crippen LogP contribution in [0.3, 0.4) is 0 Å². The molecule has 2 N–H and O–H groups in total. The van der Waals surface area contributed by atoms with Gasteiger partial charge in [-0.15, -0.1) is 0 Å². The van der Waals surface area contributed by atoms with E-state index in [0.717, 1.165) is 23.1 Å². The summed E-state index contributed by atoms with van der Waals surface area (Å²) in [6, 6.07) is 23.0. The van der Waals surface area contributed by atoms with Crippen LogP contribution in [-0.4, -0.2) is 5.91 Å². The lowest BCUT2D eigenvalue weighted by Crippen LogP contribution is -2.35. The molecule has 1 aliphatic heterocycles. The van der Waals surface area contributed by atoms with Crippen molar-refractivity contribution in [2.24, 2.45) is 17.8 Å². The molecule has 4 heteroatoms. The Kier molecular flexibility index (Phi) is 4.76. The number of benzene rings is 3. The molecule has 0 saturated heterocycles. The van der Waals surface area contributed by atoms with Gasteiger partial charge < -0.3 is 10.6 Å². The monoisotopic (exact) mass is 442 g/mol. The first-order chi connectivity index (χ1) is 15.6. The molecule has 2 bridgehead atoms. The second kappa shape index (κ2) is 7.67. The highest BCUT2D eigenvalue weighted by molar-refractivity contribution is 6.31. The smallest absolute Gasteiger partial charge is 0.255 e. The lowest BCUT2D eigenvalue weighted by Gasteiger charge is -2.43. The van der Waals surface area contributed by atoms with Gasteiger partial charge in [-0.05, 0) is 96.9 Å². The zero-order valence-electron chi connectivity index (χ0n) is 18.1. The van der Waals surface area contributed by atoms with Crippen molar-refractivity contribution in [2.75, 3.05) is 10.6 Å². The largest absolute Gasteiger partial charge is 0.378 e. The average Bonchev–Trinajstić information content (AvgIpc) is 3.44. The number of carbonyl (C=O) groups excluding carboxylic acids is 1. The minimum Gasteiger partial charge on any atom is -0.378 e. The fraction of sp³-hybridized carbons (Fsp3) is 0.321. The molecule has 0 aromatic heterocycles. The molecule has 0 unspecified atom stereocenters. The number of nitrogens with one attached hydrogen (secondary N) is 2. The van der Waals surface area contributed by atoms with Gasteiger partial charge in [0, 0.05) is 22.0 Å². The summed E-state index contributed by atoms with van der Waals surface area (Å²) >= 11 is 6.24. The summed E-state index contributed by atoms with van der Waals surface area (Å²) in [4.78, 5) is 13.1. The molecule has 3 aromatic carbocycles. The highest BCUT2D eigenvalue weighted by atomic mass is 35.5. The van der Waals surface area contributed by atoms with Gasteiger partial charge in [0.25, 0.3) is 5.91 Å². The predicted octanol–water partition coefficient (Wildman–Crippen LogP) is 7.20. The molecule has 162 valence electrons. The topological polar surface area (TPSA) is 41.1 Å². The molecule has 6 rings (SSSR count). The summed E-state index contributed by atoms with van der Waals surface area (Å²) in [7, 11) is 0. The van der Waals surface area contributed by atoms with Crippen molar-refractivity contribution in [3.05, 3.63) is 94.0 Å². The number of rotatable bonds is 3. The Balaban J connectivity index is 1.35. The molecule has 3 aromatic rings. The van der Waals surface area contributed by atoms with Crippen LogP contribution in [0.4, 0.5) is 11.4 Å². The quantitative estimate of drug-likeness (QED) is 0.450. The molecule has 3 aliphatic rings. The number of hydrogen-bond acceptors (Lipinski definition) is 2. The molecule has 1 heterocycles. The van der Waals surface area contributed by atoms with Crippen LogP contribution in [0.5, 0.6) is 0 Å². The maximum absolute atomic E-state index is 13.1. The van der Waals surface area contributed by atoms with Crippen LogP contribution >= 0.6 is 11.6 Å². The Morgan fingerprint density at radius 2 is 1.81 bits per heavy atom. The van der Waals surface area contributed by atoms with Crippen LogP contribution < -0.4 is 10.6 Å². The highest BCUT2D eigenvalue weighted by Crippen LogP contribution is 2.63. The Bertz CT molecular complexity index is 1190. The van der Waals surface area contributed by atoms with E-state index in [0.29, 0.717) is 28.5 Å². The molecule has 3 nitrogen and oxygen atoms in total. The van der Waals surface area contributed by atoms with E-state index in [2.05, 4.69) is 53.1 Å². The van der Waals surface area contributed by atoms with Crippen LogP contribution in [0.15, 0.2) is 66.7 Å². The molecule has 5 atom stereocenters. The Labute approximate surface area is 194 Å². The fourth-order valence-electron chi connectivity index (χ4n) is 6.55. The Hall–Kier alpha value is -2.78. The normalized spacial score (nSPS) is 27.4. The van der Waals surface area contributed by atoms with Crippen molar-refractivity contribution in [1.82, 2.24) is 0 Å². The SMILES string of the molecule is Cc1c(Cl)cccc1NC(=O)c1ccc2c(c1)[C@@H]1[C@H]3CC[C@@H](C3)[C@H]1[C@@H](c1ccccc1)N2. The Morgan fingerprint density at radius 3 is 2.66 bits per heavy atom. The van der Waals surface area contributed by atoms with E-state index in [9.17, 15) is 4.79 Å². The molecular formula is C28H27ClN2O. The van der Waals surface area contributed by atoms with Crippen LogP contribution in [0.25, 0.3) is 0 Å². The lowest BCUT2D eigenvalue weighted by molar-refractivity contribution is 0.102. The van der Waals surface area contributed by atoms with Crippen molar-refractivity contribution >= 4 is 28.9 Å². The number of anilines is 2. The van der Waals surface area contributed by atoms with Crippen LogP contribution in [0, 0.1) is 24.7 Å². The van der Waals surface area contributed by atoms with Crippen LogP contribution in [-0.2, 0) is 0 Å². The summed E-state index contributed by atoms with van der Waals surface area (Å²) in [5, 5.41) is 7.57. The van der Waals surface area contributed by atoms with Gasteiger partial charge in [0.1, 0.15) is 0 Å². The third kappa shape index (κ3) is 3.14. The van der Waals surface area contributed by atoms with Crippen molar-refractivity contribution in [3.8, 4) is 0 Å². The van der Waals surface area contributed by atoms with Crippen molar-refractivity contribution in [3.63, 3.8) is 0 Å². The van der Waals surface area contributed by atoms with Gasteiger partial charge in [-0.1, -0.05) is 48.0 Å². The predicted molar refractivity (Wildman–Crippen MR) is 130 cm³/mol. The first-order valence-corrected chi connectivity index (χ1v) is 12.0. The van der Waals surface area contributed by atoms with Gasteiger partial charge in [-0.2, -0.15) is 0 Å². The van der Waals surface area contributed by atoms with Crippen molar-refractivity contribution < 1.29 is 4.79 Å². The molecule has 2 saturated carbocycles. The summed E-state index contributed by atoms with van der Waals surface area (Å²) < 4.78 is 0. The average molecular weight is 443 g/mol. The molecule has 1 amide bonds. The molecule has 2 fully saturated rings. The van der Waals surface area contributed by atoms with E-state index in [1.807, 2.05) is 31.2 Å². The third-order valence-electron chi connectivity index (χ3n) is 8.02. The van der Waals surface area contributed by atoms with Gasteiger partial charge in [-0.3, -0.25) is 4.79 Å². The fourth-order valence-corrected chi connectivity index (χ4v) is 6.73. The zero-order valence-corrected chi connectivity index (χ0v) is 18.9. The number of amides is 1. The minimum absolute atomic E-state index is 0.0805. The van der Waals surface area contributed by atoms with E-state index in [4.69, 9.17) is 11.6 Å². The second-order valence-electron chi connectivity index (χ2n) is 9.64. The molecule has 0 spiro atoms. The standard InChI is InChI=1S/C28H27ClN2O/c1-16-22(29)8-5-9-23(16)31-28(32)20-12-13-24-21(15-20)25-18-10-11-19(14-18)26(25)27(30-24)17-6-3-2-4-7-17/h2-9,12-13,15,18-19,25-27,30H,10-11,14H2,1H3,(H,31,32)/t18-,19-,25-,26+,27+/m0/s1. The van der Waals surface area contributed by atoms with Gasteiger partial charge in [0.2, 0.25) is 0 Å².